The van der Waals surface area contributed by atoms with Crippen molar-refractivity contribution in [2.75, 3.05) is 0 Å². The number of benzene rings is 1. The van der Waals surface area contributed by atoms with Crippen molar-refractivity contribution in [1.29, 1.82) is 0 Å². The molecule has 4 heteroatoms. The summed E-state index contributed by atoms with van der Waals surface area (Å²) in [6, 6.07) is 5.88. The van der Waals surface area contributed by atoms with E-state index < -0.39 is 11.6 Å². The fourth-order valence-corrected chi connectivity index (χ4v) is 3.91. The molecule has 1 aliphatic rings. The predicted octanol–water partition coefficient (Wildman–Crippen LogP) is 4.37. The number of thiophene rings is 1. The molecule has 0 radical (unpaired) electrons. The fraction of sp³-hybridized carbons (Fsp3) is 0.375. The quantitative estimate of drug-likeness (QED) is 0.883. The SMILES string of the molecule is CC(NCc1cc2c(s1)CCC2)c1ccc(F)cc1F. The van der Waals surface area contributed by atoms with Crippen LogP contribution >= 0.6 is 11.3 Å². The maximum Gasteiger partial charge on any atom is 0.130 e. The van der Waals surface area contributed by atoms with E-state index in [0.717, 1.165) is 12.6 Å². The Bertz CT molecular complexity index is 599. The molecule has 0 saturated heterocycles. The van der Waals surface area contributed by atoms with E-state index in [1.54, 1.807) is 0 Å². The lowest BCUT2D eigenvalue weighted by Gasteiger charge is -2.14. The van der Waals surface area contributed by atoms with Crippen LogP contribution < -0.4 is 5.32 Å². The molecule has 1 aliphatic carbocycles. The van der Waals surface area contributed by atoms with Crippen molar-refractivity contribution < 1.29 is 8.78 Å². The lowest BCUT2D eigenvalue weighted by atomic mass is 10.1. The summed E-state index contributed by atoms with van der Waals surface area (Å²) in [5.41, 5.74) is 1.99. The smallest absolute Gasteiger partial charge is 0.130 e. The van der Waals surface area contributed by atoms with Crippen molar-refractivity contribution in [3.05, 3.63) is 56.8 Å². The Balaban J connectivity index is 1.65. The van der Waals surface area contributed by atoms with Crippen molar-refractivity contribution in [2.45, 2.75) is 38.8 Å². The zero-order valence-corrected chi connectivity index (χ0v) is 12.2. The molecule has 106 valence electrons. The van der Waals surface area contributed by atoms with E-state index in [-0.39, 0.29) is 6.04 Å². The normalized spacial score (nSPS) is 15.3. The van der Waals surface area contributed by atoms with Crippen LogP contribution in [0.1, 0.15) is 40.3 Å². The van der Waals surface area contributed by atoms with Crippen LogP contribution in [0.4, 0.5) is 8.78 Å². The van der Waals surface area contributed by atoms with Gasteiger partial charge >= 0.3 is 0 Å². The van der Waals surface area contributed by atoms with Gasteiger partial charge in [0.25, 0.3) is 0 Å². The standard InChI is InChI=1S/C16H17F2NS/c1-10(14-6-5-12(17)8-15(14)18)19-9-13-7-11-3-2-4-16(11)20-13/h5-8,10,19H,2-4,9H2,1H3. The van der Waals surface area contributed by atoms with E-state index in [4.69, 9.17) is 0 Å². The zero-order chi connectivity index (χ0) is 14.1. The maximum absolute atomic E-state index is 13.7. The highest BCUT2D eigenvalue weighted by molar-refractivity contribution is 7.12. The van der Waals surface area contributed by atoms with Gasteiger partial charge in [-0.05, 0) is 43.9 Å². The average Bonchev–Trinajstić information content (AvgIpc) is 2.96. The minimum Gasteiger partial charge on any atom is -0.305 e. The van der Waals surface area contributed by atoms with Crippen LogP contribution in [0.3, 0.4) is 0 Å². The van der Waals surface area contributed by atoms with E-state index in [1.165, 1.54) is 46.7 Å². The summed E-state index contributed by atoms with van der Waals surface area (Å²) in [5.74, 6) is -1.02. The first kappa shape index (κ1) is 13.7. The van der Waals surface area contributed by atoms with E-state index in [9.17, 15) is 8.78 Å². The Morgan fingerprint density at radius 1 is 1.25 bits per heavy atom. The summed E-state index contributed by atoms with van der Waals surface area (Å²) in [6.45, 7) is 2.63. The van der Waals surface area contributed by atoms with E-state index in [1.807, 2.05) is 18.3 Å². The Morgan fingerprint density at radius 3 is 2.85 bits per heavy atom. The first-order chi connectivity index (χ1) is 9.63. The molecular weight excluding hydrogens is 276 g/mol. The van der Waals surface area contributed by atoms with Gasteiger partial charge in [-0.3, -0.25) is 0 Å². The molecule has 0 saturated carbocycles. The third-order valence-corrected chi connectivity index (χ3v) is 5.05. The lowest BCUT2D eigenvalue weighted by molar-refractivity contribution is 0.519. The Hall–Kier alpha value is -1.26. The summed E-state index contributed by atoms with van der Waals surface area (Å²) in [7, 11) is 0. The van der Waals surface area contributed by atoms with Crippen LogP contribution in [-0.2, 0) is 19.4 Å². The molecule has 1 N–H and O–H groups in total. The number of hydrogen-bond donors (Lipinski definition) is 1. The molecule has 0 spiro atoms. The monoisotopic (exact) mass is 293 g/mol. The van der Waals surface area contributed by atoms with Gasteiger partial charge in [-0.15, -0.1) is 11.3 Å². The summed E-state index contributed by atoms with van der Waals surface area (Å²) in [6.07, 6.45) is 3.65. The molecule has 3 rings (SSSR count). The van der Waals surface area contributed by atoms with Crippen LogP contribution in [0, 0.1) is 11.6 Å². The molecule has 2 aromatic rings. The Labute approximate surface area is 121 Å². The fourth-order valence-electron chi connectivity index (χ4n) is 2.69. The minimum atomic E-state index is -0.534. The zero-order valence-electron chi connectivity index (χ0n) is 11.4. The number of aryl methyl sites for hydroxylation is 2. The summed E-state index contributed by atoms with van der Waals surface area (Å²) in [4.78, 5) is 2.80. The molecule has 0 aliphatic heterocycles. The lowest BCUT2D eigenvalue weighted by Crippen LogP contribution is -2.18. The third-order valence-electron chi connectivity index (χ3n) is 3.81. The van der Waals surface area contributed by atoms with Crippen LogP contribution in [0.5, 0.6) is 0 Å². The van der Waals surface area contributed by atoms with Gasteiger partial charge in [0.1, 0.15) is 11.6 Å². The molecule has 1 atom stereocenters. The maximum atomic E-state index is 13.7. The largest absolute Gasteiger partial charge is 0.305 e. The molecule has 0 amide bonds. The first-order valence-electron chi connectivity index (χ1n) is 6.92. The van der Waals surface area contributed by atoms with E-state index in [2.05, 4.69) is 11.4 Å². The molecule has 1 aromatic carbocycles. The molecule has 0 bridgehead atoms. The summed E-state index contributed by atoms with van der Waals surface area (Å²) in [5, 5.41) is 3.31. The molecule has 1 aromatic heterocycles. The van der Waals surface area contributed by atoms with Crippen LogP contribution in [0.25, 0.3) is 0 Å². The van der Waals surface area contributed by atoms with Gasteiger partial charge in [-0.2, -0.15) is 0 Å². The van der Waals surface area contributed by atoms with E-state index >= 15 is 0 Å². The van der Waals surface area contributed by atoms with Crippen molar-refractivity contribution in [3.8, 4) is 0 Å². The van der Waals surface area contributed by atoms with Gasteiger partial charge in [0, 0.05) is 34.0 Å². The Kier molecular flexibility index (Phi) is 3.85. The molecule has 20 heavy (non-hydrogen) atoms. The van der Waals surface area contributed by atoms with Gasteiger partial charge in [-0.1, -0.05) is 6.07 Å². The predicted molar refractivity (Wildman–Crippen MR) is 78.0 cm³/mol. The molecule has 0 fully saturated rings. The van der Waals surface area contributed by atoms with Crippen LogP contribution in [0.15, 0.2) is 24.3 Å². The van der Waals surface area contributed by atoms with Crippen molar-refractivity contribution in [1.82, 2.24) is 5.32 Å². The van der Waals surface area contributed by atoms with Crippen LogP contribution in [-0.4, -0.2) is 0 Å². The highest BCUT2D eigenvalue weighted by Crippen LogP contribution is 2.30. The molecule has 1 unspecified atom stereocenters. The van der Waals surface area contributed by atoms with Gasteiger partial charge in [0.05, 0.1) is 0 Å². The molecule has 1 nitrogen and oxygen atoms in total. The first-order valence-corrected chi connectivity index (χ1v) is 7.74. The second-order valence-corrected chi connectivity index (χ2v) is 6.50. The van der Waals surface area contributed by atoms with Crippen molar-refractivity contribution in [3.63, 3.8) is 0 Å². The second kappa shape index (κ2) is 5.62. The molecule has 1 heterocycles. The van der Waals surface area contributed by atoms with Gasteiger partial charge in [-0.25, -0.2) is 8.78 Å². The van der Waals surface area contributed by atoms with Gasteiger partial charge in [0.15, 0.2) is 0 Å². The highest BCUT2D eigenvalue weighted by atomic mass is 32.1. The minimum absolute atomic E-state index is 0.132. The average molecular weight is 293 g/mol. The number of nitrogens with one attached hydrogen (secondary N) is 1. The number of hydrogen-bond acceptors (Lipinski definition) is 2. The van der Waals surface area contributed by atoms with E-state index in [0.29, 0.717) is 5.56 Å². The second-order valence-electron chi connectivity index (χ2n) is 5.28. The topological polar surface area (TPSA) is 12.0 Å². The van der Waals surface area contributed by atoms with Crippen molar-refractivity contribution >= 4 is 11.3 Å². The number of halogens is 2. The number of rotatable bonds is 4. The Morgan fingerprint density at radius 2 is 2.10 bits per heavy atom. The third kappa shape index (κ3) is 2.76. The highest BCUT2D eigenvalue weighted by Gasteiger charge is 2.16. The summed E-state index contributed by atoms with van der Waals surface area (Å²) >= 11 is 1.85. The summed E-state index contributed by atoms with van der Waals surface area (Å²) < 4.78 is 26.6. The van der Waals surface area contributed by atoms with Gasteiger partial charge in [0.2, 0.25) is 0 Å². The molecular formula is C16H17F2NS. The van der Waals surface area contributed by atoms with Crippen LogP contribution in [0.2, 0.25) is 0 Å². The van der Waals surface area contributed by atoms with Gasteiger partial charge < -0.3 is 5.32 Å². The number of fused-ring (bicyclic) bond motifs is 1. The van der Waals surface area contributed by atoms with Crippen molar-refractivity contribution in [2.24, 2.45) is 0 Å².